The van der Waals surface area contributed by atoms with Crippen LogP contribution in [0.3, 0.4) is 0 Å². The van der Waals surface area contributed by atoms with Gasteiger partial charge in [0.05, 0.1) is 6.54 Å². The number of hydrogen-bond donors (Lipinski definition) is 3. The normalized spacial score (nSPS) is 10.8. The van der Waals surface area contributed by atoms with Gasteiger partial charge in [-0.3, -0.25) is 9.79 Å². The predicted octanol–water partition coefficient (Wildman–Crippen LogP) is 3.53. The minimum atomic E-state index is -0.396. The van der Waals surface area contributed by atoms with Gasteiger partial charge in [0.2, 0.25) is 0 Å². The van der Waals surface area contributed by atoms with E-state index in [1.165, 1.54) is 11.6 Å². The Kier molecular flexibility index (Phi) is 8.50. The summed E-state index contributed by atoms with van der Waals surface area (Å²) in [5.41, 5.74) is 9.86. The van der Waals surface area contributed by atoms with Crippen LogP contribution in [-0.4, -0.2) is 25.0 Å². The number of nitrogens with one attached hydrogen (secondary N) is 2. The van der Waals surface area contributed by atoms with Crippen molar-refractivity contribution < 1.29 is 9.18 Å². The average molecular weight is 470 g/mol. The number of halogens is 2. The molecule has 0 saturated heterocycles. The summed E-state index contributed by atoms with van der Waals surface area (Å²) < 4.78 is 13.5. The topological polar surface area (TPSA) is 79.5 Å². The van der Waals surface area contributed by atoms with Crippen LogP contribution in [-0.2, 0) is 0 Å². The smallest absolute Gasteiger partial charge is 0.251 e. The highest BCUT2D eigenvalue weighted by Crippen LogP contribution is 2.13. The molecule has 0 atom stereocenters. The zero-order valence-corrected chi connectivity index (χ0v) is 17.4. The van der Waals surface area contributed by atoms with Crippen LogP contribution < -0.4 is 16.4 Å². The molecule has 0 spiro atoms. The van der Waals surface area contributed by atoms with Gasteiger partial charge in [-0.05, 0) is 61.7 Å². The Morgan fingerprint density at radius 2 is 1.77 bits per heavy atom. The Hall–Kier alpha value is -2.16. The van der Waals surface area contributed by atoms with Gasteiger partial charge >= 0.3 is 0 Å². The van der Waals surface area contributed by atoms with Gasteiger partial charge in [-0.2, -0.15) is 0 Å². The largest absolute Gasteiger partial charge is 0.370 e. The molecule has 0 unspecified atom stereocenters. The number of carbonyl (C=O) groups is 1. The molecular formula is C19H24FIN4O. The molecule has 0 heterocycles. The van der Waals surface area contributed by atoms with Gasteiger partial charge in [-0.1, -0.05) is 12.1 Å². The molecule has 140 valence electrons. The molecule has 0 fully saturated rings. The lowest BCUT2D eigenvalue weighted by molar-refractivity contribution is 0.0954. The van der Waals surface area contributed by atoms with Crippen molar-refractivity contribution in [1.82, 2.24) is 5.32 Å². The zero-order chi connectivity index (χ0) is 18.4. The van der Waals surface area contributed by atoms with Gasteiger partial charge in [-0.25, -0.2) is 4.39 Å². The van der Waals surface area contributed by atoms with Gasteiger partial charge in [-0.15, -0.1) is 24.0 Å². The van der Waals surface area contributed by atoms with E-state index in [0.717, 1.165) is 11.3 Å². The van der Waals surface area contributed by atoms with Crippen LogP contribution in [0, 0.1) is 26.6 Å². The molecule has 1 amide bonds. The van der Waals surface area contributed by atoms with Gasteiger partial charge in [0.15, 0.2) is 5.96 Å². The number of anilines is 1. The van der Waals surface area contributed by atoms with E-state index in [2.05, 4.69) is 15.6 Å². The lowest BCUT2D eigenvalue weighted by Crippen LogP contribution is -2.28. The van der Waals surface area contributed by atoms with Crippen LogP contribution in [0.25, 0.3) is 0 Å². The van der Waals surface area contributed by atoms with Crippen molar-refractivity contribution in [2.45, 2.75) is 20.8 Å². The minimum Gasteiger partial charge on any atom is -0.370 e. The van der Waals surface area contributed by atoms with Crippen molar-refractivity contribution in [2.75, 3.05) is 18.4 Å². The third kappa shape index (κ3) is 6.29. The summed E-state index contributed by atoms with van der Waals surface area (Å²) in [5.74, 6) is -0.457. The number of benzene rings is 2. The molecule has 4 N–H and O–H groups in total. The van der Waals surface area contributed by atoms with Crippen LogP contribution in [0.4, 0.5) is 10.1 Å². The molecule has 2 aromatic rings. The highest BCUT2D eigenvalue weighted by molar-refractivity contribution is 14.0. The Bertz CT molecular complexity index is 808. The second-order valence-electron chi connectivity index (χ2n) is 5.91. The summed E-state index contributed by atoms with van der Waals surface area (Å²) in [7, 11) is 0. The van der Waals surface area contributed by atoms with Crippen molar-refractivity contribution in [3.05, 3.63) is 64.5 Å². The van der Waals surface area contributed by atoms with E-state index in [-0.39, 0.29) is 41.4 Å². The number of amides is 1. The Morgan fingerprint density at radius 1 is 1.08 bits per heavy atom. The van der Waals surface area contributed by atoms with Crippen LogP contribution in [0.2, 0.25) is 0 Å². The Labute approximate surface area is 170 Å². The van der Waals surface area contributed by atoms with Crippen LogP contribution in [0.5, 0.6) is 0 Å². The molecule has 0 aromatic heterocycles. The summed E-state index contributed by atoms with van der Waals surface area (Å²) in [5, 5.41) is 5.69. The molecule has 26 heavy (non-hydrogen) atoms. The number of rotatable bonds is 5. The van der Waals surface area contributed by atoms with Gasteiger partial charge < -0.3 is 16.4 Å². The zero-order valence-electron chi connectivity index (χ0n) is 15.1. The molecule has 0 aliphatic rings. The maximum Gasteiger partial charge on any atom is 0.251 e. The average Bonchev–Trinajstić information content (AvgIpc) is 2.57. The first-order chi connectivity index (χ1) is 11.9. The lowest BCUT2D eigenvalue weighted by Gasteiger charge is -2.08. The van der Waals surface area contributed by atoms with E-state index in [0.29, 0.717) is 18.7 Å². The molecule has 0 saturated carbocycles. The van der Waals surface area contributed by atoms with E-state index in [1.807, 2.05) is 32.0 Å². The molecule has 7 heteroatoms. The standard InChI is InChI=1S/C19H23FN4O.HI/c1-12-5-7-16(10-14(12)3)24-19(21)23-9-8-22-18(25)15-6-4-13(2)17(20)11-15;/h4-7,10-11H,8-9H2,1-3H3,(H,22,25)(H3,21,23,24);1H. The number of guanidine groups is 1. The van der Waals surface area contributed by atoms with Crippen LogP contribution in [0.1, 0.15) is 27.0 Å². The summed E-state index contributed by atoms with van der Waals surface area (Å²) >= 11 is 0. The number of nitrogens with two attached hydrogens (primary N) is 1. The molecule has 5 nitrogen and oxygen atoms in total. The molecule has 0 aliphatic carbocycles. The molecule has 0 radical (unpaired) electrons. The number of nitrogens with zero attached hydrogens (tertiary/aromatic N) is 1. The van der Waals surface area contributed by atoms with Gasteiger partial charge in [0, 0.05) is 17.8 Å². The second kappa shape index (κ2) is 10.1. The second-order valence-corrected chi connectivity index (χ2v) is 5.91. The number of aliphatic imine (C=N–C) groups is 1. The molecule has 2 rings (SSSR count). The predicted molar refractivity (Wildman–Crippen MR) is 115 cm³/mol. The highest BCUT2D eigenvalue weighted by atomic mass is 127. The number of hydrogen-bond acceptors (Lipinski definition) is 2. The molecule has 0 bridgehead atoms. The third-order valence-electron chi connectivity index (χ3n) is 3.89. The van der Waals surface area contributed by atoms with E-state index >= 15 is 0 Å². The van der Waals surface area contributed by atoms with Crippen molar-refractivity contribution in [3.63, 3.8) is 0 Å². The Balaban J connectivity index is 0.00000338. The number of aryl methyl sites for hydroxylation is 3. The van der Waals surface area contributed by atoms with E-state index in [4.69, 9.17) is 5.73 Å². The van der Waals surface area contributed by atoms with Crippen LogP contribution in [0.15, 0.2) is 41.4 Å². The fraction of sp³-hybridized carbons (Fsp3) is 0.263. The summed E-state index contributed by atoms with van der Waals surface area (Å²) in [6.45, 7) is 6.35. The van der Waals surface area contributed by atoms with Crippen LogP contribution >= 0.6 is 24.0 Å². The fourth-order valence-corrected chi connectivity index (χ4v) is 2.19. The fourth-order valence-electron chi connectivity index (χ4n) is 2.19. The molecule has 2 aromatic carbocycles. The first-order valence-corrected chi connectivity index (χ1v) is 8.05. The maximum absolute atomic E-state index is 13.5. The van der Waals surface area contributed by atoms with Gasteiger partial charge in [0.25, 0.3) is 5.91 Å². The minimum absolute atomic E-state index is 0. The maximum atomic E-state index is 13.5. The van der Waals surface area contributed by atoms with E-state index in [9.17, 15) is 9.18 Å². The molecule has 0 aliphatic heterocycles. The third-order valence-corrected chi connectivity index (χ3v) is 3.89. The van der Waals surface area contributed by atoms with Crippen molar-refractivity contribution in [3.8, 4) is 0 Å². The van der Waals surface area contributed by atoms with E-state index < -0.39 is 5.82 Å². The summed E-state index contributed by atoms with van der Waals surface area (Å²) in [6.07, 6.45) is 0. The first-order valence-electron chi connectivity index (χ1n) is 8.05. The summed E-state index contributed by atoms with van der Waals surface area (Å²) in [4.78, 5) is 16.1. The SMILES string of the molecule is Cc1ccc(NC(N)=NCCNC(=O)c2ccc(C)c(F)c2)cc1C.I. The highest BCUT2D eigenvalue weighted by Gasteiger charge is 2.07. The van der Waals surface area contributed by atoms with Crippen molar-refractivity contribution in [2.24, 2.45) is 10.7 Å². The van der Waals surface area contributed by atoms with Crippen molar-refractivity contribution in [1.29, 1.82) is 0 Å². The van der Waals surface area contributed by atoms with Gasteiger partial charge in [0.1, 0.15) is 5.82 Å². The first kappa shape index (κ1) is 21.9. The Morgan fingerprint density at radius 3 is 2.42 bits per heavy atom. The monoisotopic (exact) mass is 470 g/mol. The van der Waals surface area contributed by atoms with Crippen molar-refractivity contribution >= 4 is 41.5 Å². The quantitative estimate of drug-likeness (QED) is 0.271. The summed E-state index contributed by atoms with van der Waals surface area (Å²) in [6, 6.07) is 10.3. The lowest BCUT2D eigenvalue weighted by atomic mass is 10.1. The number of carbonyl (C=O) groups excluding carboxylic acids is 1. The molecular weight excluding hydrogens is 446 g/mol. The van der Waals surface area contributed by atoms with E-state index in [1.54, 1.807) is 19.1 Å².